The number of benzene rings is 1. The van der Waals surface area contributed by atoms with Gasteiger partial charge in [0.05, 0.1) is 10.6 Å². The monoisotopic (exact) mass is 400 g/mol. The van der Waals surface area contributed by atoms with E-state index in [1.54, 1.807) is 23.1 Å². The Morgan fingerprint density at radius 3 is 2.57 bits per heavy atom. The van der Waals surface area contributed by atoms with Crippen LogP contribution in [0.2, 0.25) is 5.02 Å². The van der Waals surface area contributed by atoms with Crippen LogP contribution in [0.5, 0.6) is 0 Å². The zero-order valence-electron chi connectivity index (χ0n) is 12.1. The third-order valence-corrected chi connectivity index (χ3v) is 4.88. The van der Waals surface area contributed by atoms with E-state index in [0.717, 1.165) is 4.47 Å². The average molecular weight is 402 g/mol. The Morgan fingerprint density at radius 2 is 1.96 bits per heavy atom. The van der Waals surface area contributed by atoms with Gasteiger partial charge in [0.2, 0.25) is 0 Å². The normalized spacial score (nSPS) is 19.2. The van der Waals surface area contributed by atoms with E-state index < -0.39 is 6.09 Å². The standard InChI is InChI=1S/C15H14BrClN2O4/c16-9-1-2-12(17)11(7-9)14(21)18-5-3-10(4-6-18)19-13(20)8-23-15(19)22/h1-2,7,10H,3-6,8H2. The van der Waals surface area contributed by atoms with Crippen LogP contribution in [0.15, 0.2) is 22.7 Å². The molecule has 0 aliphatic carbocycles. The minimum Gasteiger partial charge on any atom is -0.439 e. The Labute approximate surface area is 146 Å². The van der Waals surface area contributed by atoms with E-state index in [-0.39, 0.29) is 24.5 Å². The minimum absolute atomic E-state index is 0.148. The van der Waals surface area contributed by atoms with E-state index in [0.29, 0.717) is 36.5 Å². The van der Waals surface area contributed by atoms with Crippen molar-refractivity contribution in [2.45, 2.75) is 18.9 Å². The van der Waals surface area contributed by atoms with Gasteiger partial charge in [-0.25, -0.2) is 9.69 Å². The Balaban J connectivity index is 1.67. The van der Waals surface area contributed by atoms with E-state index in [1.165, 1.54) is 4.90 Å². The maximum Gasteiger partial charge on any atom is 0.417 e. The number of halogens is 2. The number of carbonyl (C=O) groups excluding carboxylic acids is 3. The zero-order valence-corrected chi connectivity index (χ0v) is 14.5. The summed E-state index contributed by atoms with van der Waals surface area (Å²) in [7, 11) is 0. The van der Waals surface area contributed by atoms with Crippen molar-refractivity contribution in [2.75, 3.05) is 19.7 Å². The molecule has 23 heavy (non-hydrogen) atoms. The summed E-state index contributed by atoms with van der Waals surface area (Å²) < 4.78 is 5.52. The molecule has 0 spiro atoms. The summed E-state index contributed by atoms with van der Waals surface area (Å²) in [6.45, 7) is 0.735. The molecule has 1 aromatic rings. The minimum atomic E-state index is -0.588. The molecule has 1 aromatic carbocycles. The van der Waals surface area contributed by atoms with Gasteiger partial charge in [0.25, 0.3) is 11.8 Å². The lowest BCUT2D eigenvalue weighted by molar-refractivity contribution is -0.127. The van der Waals surface area contributed by atoms with E-state index in [4.69, 9.17) is 16.3 Å². The Bertz CT molecular complexity index is 657. The second kappa shape index (κ2) is 6.49. The molecule has 0 unspecified atom stereocenters. The third-order valence-electron chi connectivity index (χ3n) is 4.06. The van der Waals surface area contributed by atoms with Crippen LogP contribution in [-0.4, -0.2) is 53.4 Å². The van der Waals surface area contributed by atoms with Crippen LogP contribution in [-0.2, 0) is 9.53 Å². The average Bonchev–Trinajstić information content (AvgIpc) is 2.88. The molecule has 3 rings (SSSR count). The molecule has 2 aliphatic heterocycles. The van der Waals surface area contributed by atoms with Gasteiger partial charge in [-0.15, -0.1) is 0 Å². The molecule has 0 bridgehead atoms. The predicted molar refractivity (Wildman–Crippen MR) is 86.3 cm³/mol. The molecule has 6 nitrogen and oxygen atoms in total. The van der Waals surface area contributed by atoms with E-state index >= 15 is 0 Å². The summed E-state index contributed by atoms with van der Waals surface area (Å²) in [6, 6.07) is 4.93. The summed E-state index contributed by atoms with van der Waals surface area (Å²) in [4.78, 5) is 38.7. The highest BCUT2D eigenvalue weighted by Gasteiger charge is 2.39. The molecule has 0 saturated carbocycles. The van der Waals surface area contributed by atoms with Crippen molar-refractivity contribution < 1.29 is 19.1 Å². The summed E-state index contributed by atoms with van der Waals surface area (Å²) >= 11 is 9.43. The predicted octanol–water partition coefficient (Wildman–Crippen LogP) is 2.69. The number of cyclic esters (lactones) is 1. The molecule has 2 heterocycles. The van der Waals surface area contributed by atoms with Gasteiger partial charge < -0.3 is 9.64 Å². The molecular weight excluding hydrogens is 388 g/mol. The molecule has 3 amide bonds. The number of carbonyl (C=O) groups is 3. The number of imide groups is 1. The number of nitrogens with zero attached hydrogens (tertiary/aromatic N) is 2. The molecule has 0 radical (unpaired) electrons. The molecule has 122 valence electrons. The van der Waals surface area contributed by atoms with Gasteiger partial charge in [-0.1, -0.05) is 27.5 Å². The van der Waals surface area contributed by atoms with Crippen molar-refractivity contribution in [3.63, 3.8) is 0 Å². The Morgan fingerprint density at radius 1 is 1.26 bits per heavy atom. The number of amides is 3. The molecule has 0 aromatic heterocycles. The fourth-order valence-corrected chi connectivity index (χ4v) is 3.44. The number of ether oxygens (including phenoxy) is 1. The molecular formula is C15H14BrClN2O4. The van der Waals surface area contributed by atoms with Gasteiger partial charge in [-0.3, -0.25) is 9.59 Å². The Kier molecular flexibility index (Phi) is 4.59. The number of hydrogen-bond acceptors (Lipinski definition) is 4. The van der Waals surface area contributed by atoms with Crippen LogP contribution in [0.3, 0.4) is 0 Å². The molecule has 2 saturated heterocycles. The van der Waals surface area contributed by atoms with Crippen LogP contribution in [0.25, 0.3) is 0 Å². The summed E-state index contributed by atoms with van der Waals surface area (Å²) in [5.74, 6) is -0.458. The lowest BCUT2D eigenvalue weighted by atomic mass is 10.0. The first-order chi connectivity index (χ1) is 11.0. The number of hydrogen-bond donors (Lipinski definition) is 0. The smallest absolute Gasteiger partial charge is 0.417 e. The summed E-state index contributed by atoms with van der Waals surface area (Å²) in [5.41, 5.74) is 0.441. The van der Waals surface area contributed by atoms with Gasteiger partial charge in [0.1, 0.15) is 0 Å². The molecule has 2 fully saturated rings. The molecule has 2 aliphatic rings. The fourth-order valence-electron chi connectivity index (χ4n) is 2.88. The highest BCUT2D eigenvalue weighted by atomic mass is 79.9. The quantitative estimate of drug-likeness (QED) is 0.764. The van der Waals surface area contributed by atoms with Gasteiger partial charge in [-0.2, -0.15) is 0 Å². The first-order valence-corrected chi connectivity index (χ1v) is 8.37. The fraction of sp³-hybridized carbons (Fsp3) is 0.400. The lowest BCUT2D eigenvalue weighted by Gasteiger charge is -2.34. The van der Waals surface area contributed by atoms with Gasteiger partial charge in [0, 0.05) is 23.6 Å². The van der Waals surface area contributed by atoms with E-state index in [1.807, 2.05) is 0 Å². The number of likely N-dealkylation sites (tertiary alicyclic amines) is 1. The van der Waals surface area contributed by atoms with E-state index in [2.05, 4.69) is 15.9 Å². The molecule has 0 N–H and O–H groups in total. The second-order valence-electron chi connectivity index (χ2n) is 5.47. The maximum atomic E-state index is 12.6. The highest BCUT2D eigenvalue weighted by Crippen LogP contribution is 2.26. The van der Waals surface area contributed by atoms with Crippen LogP contribution < -0.4 is 0 Å². The first kappa shape index (κ1) is 16.3. The zero-order chi connectivity index (χ0) is 16.6. The topological polar surface area (TPSA) is 66.9 Å². The van der Waals surface area contributed by atoms with Crippen LogP contribution in [0.4, 0.5) is 4.79 Å². The van der Waals surface area contributed by atoms with Crippen molar-refractivity contribution in [1.82, 2.24) is 9.80 Å². The van der Waals surface area contributed by atoms with Crippen molar-refractivity contribution in [1.29, 1.82) is 0 Å². The Hall–Kier alpha value is -1.60. The SMILES string of the molecule is O=C(c1cc(Br)ccc1Cl)N1CCC(N2C(=O)COC2=O)CC1. The first-order valence-electron chi connectivity index (χ1n) is 7.20. The summed E-state index contributed by atoms with van der Waals surface area (Å²) in [5, 5.41) is 0.402. The van der Waals surface area contributed by atoms with Crippen molar-refractivity contribution >= 4 is 45.4 Å². The molecule has 0 atom stereocenters. The van der Waals surface area contributed by atoms with Crippen molar-refractivity contribution in [3.8, 4) is 0 Å². The maximum absolute atomic E-state index is 12.6. The van der Waals surface area contributed by atoms with Gasteiger partial charge in [-0.05, 0) is 31.0 Å². The van der Waals surface area contributed by atoms with E-state index in [9.17, 15) is 14.4 Å². The van der Waals surface area contributed by atoms with Crippen LogP contribution >= 0.6 is 27.5 Å². The lowest BCUT2D eigenvalue weighted by Crippen LogP contribution is -2.48. The van der Waals surface area contributed by atoms with Crippen LogP contribution in [0.1, 0.15) is 23.2 Å². The second-order valence-corrected chi connectivity index (χ2v) is 6.79. The van der Waals surface area contributed by atoms with Crippen molar-refractivity contribution in [3.05, 3.63) is 33.3 Å². The van der Waals surface area contributed by atoms with Gasteiger partial charge >= 0.3 is 6.09 Å². The third kappa shape index (κ3) is 3.21. The highest BCUT2D eigenvalue weighted by molar-refractivity contribution is 9.10. The number of rotatable bonds is 2. The van der Waals surface area contributed by atoms with Crippen molar-refractivity contribution in [2.24, 2.45) is 0 Å². The van der Waals surface area contributed by atoms with Gasteiger partial charge in [0.15, 0.2) is 6.61 Å². The van der Waals surface area contributed by atoms with Crippen LogP contribution in [0, 0.1) is 0 Å². The molecule has 8 heteroatoms. The number of piperidine rings is 1. The largest absolute Gasteiger partial charge is 0.439 e. The summed E-state index contributed by atoms with van der Waals surface area (Å²) in [6.07, 6.45) is 0.492.